The smallest absolute Gasteiger partial charge is 0.187 e. The van der Waals surface area contributed by atoms with Gasteiger partial charge in [-0.1, -0.05) is 24.3 Å². The van der Waals surface area contributed by atoms with E-state index in [-0.39, 0.29) is 0 Å². The van der Waals surface area contributed by atoms with E-state index in [1.165, 1.54) is 0 Å². The Labute approximate surface area is 133 Å². The molecule has 3 aliphatic carbocycles. The van der Waals surface area contributed by atoms with Gasteiger partial charge in [0.15, 0.2) is 9.84 Å². The number of benzene rings is 1. The minimum atomic E-state index is -3.48. The predicted molar refractivity (Wildman–Crippen MR) is 87.5 cm³/mol. The zero-order valence-electron chi connectivity index (χ0n) is 13.1. The second-order valence-corrected chi connectivity index (χ2v) is 8.91. The summed E-state index contributed by atoms with van der Waals surface area (Å²) in [5.41, 5.74) is -0.579. The van der Waals surface area contributed by atoms with Crippen LogP contribution in [0, 0.1) is 5.92 Å². The van der Waals surface area contributed by atoms with E-state index in [1.807, 2.05) is 6.07 Å². The molecule has 0 radical (unpaired) electrons. The van der Waals surface area contributed by atoms with E-state index in [1.54, 1.807) is 37.5 Å². The van der Waals surface area contributed by atoms with Crippen molar-refractivity contribution in [3.05, 3.63) is 43.0 Å². The lowest BCUT2D eigenvalue weighted by molar-refractivity contribution is -0.116. The molecule has 120 valence electrons. The highest BCUT2D eigenvalue weighted by Crippen LogP contribution is 2.58. The van der Waals surface area contributed by atoms with Gasteiger partial charge < -0.3 is 4.74 Å². The van der Waals surface area contributed by atoms with Gasteiger partial charge in [0.2, 0.25) is 0 Å². The Morgan fingerprint density at radius 2 is 1.91 bits per heavy atom. The maximum absolute atomic E-state index is 13.5. The summed E-state index contributed by atoms with van der Waals surface area (Å²) in [4.78, 5) is 0.404. The summed E-state index contributed by atoms with van der Waals surface area (Å²) in [5.74, 6) is 0.482. The molecule has 4 heteroatoms. The average molecular weight is 320 g/mol. The highest BCUT2D eigenvalue weighted by atomic mass is 32.2. The highest BCUT2D eigenvalue weighted by Gasteiger charge is 2.64. The van der Waals surface area contributed by atoms with Crippen molar-refractivity contribution in [2.75, 3.05) is 7.11 Å². The monoisotopic (exact) mass is 320 g/mol. The van der Waals surface area contributed by atoms with Crippen LogP contribution in [0.2, 0.25) is 0 Å². The van der Waals surface area contributed by atoms with E-state index in [0.29, 0.717) is 23.7 Å². The van der Waals surface area contributed by atoms with E-state index < -0.39 is 20.2 Å². The van der Waals surface area contributed by atoms with Crippen LogP contribution in [0.3, 0.4) is 0 Å². The summed E-state index contributed by atoms with van der Waals surface area (Å²) in [6.07, 6.45) is 6.68. The summed E-state index contributed by atoms with van der Waals surface area (Å²) >= 11 is 0. The van der Waals surface area contributed by atoms with E-state index in [0.717, 1.165) is 25.7 Å². The summed E-state index contributed by atoms with van der Waals surface area (Å²) in [6.45, 7) is 3.84. The molecule has 3 aliphatic rings. The van der Waals surface area contributed by atoms with Gasteiger partial charge in [0.05, 0.1) is 10.5 Å². The molecule has 4 rings (SSSR count). The second kappa shape index (κ2) is 5.50. The lowest BCUT2D eigenvalue weighted by Gasteiger charge is -2.58. The second-order valence-electron chi connectivity index (χ2n) is 6.65. The van der Waals surface area contributed by atoms with Crippen LogP contribution in [0.4, 0.5) is 0 Å². The van der Waals surface area contributed by atoms with E-state index in [9.17, 15) is 8.42 Å². The van der Waals surface area contributed by atoms with Crippen LogP contribution < -0.4 is 0 Å². The summed E-state index contributed by atoms with van der Waals surface area (Å²) in [6, 6.07) is 8.82. The molecule has 1 unspecified atom stereocenters. The highest BCUT2D eigenvalue weighted by molar-refractivity contribution is 7.93. The molecule has 0 N–H and O–H groups in total. The van der Waals surface area contributed by atoms with Crippen molar-refractivity contribution in [2.24, 2.45) is 5.92 Å². The van der Waals surface area contributed by atoms with Crippen LogP contribution >= 0.6 is 0 Å². The molecule has 0 amide bonds. The fraction of sp³-hybridized carbons (Fsp3) is 0.556. The third-order valence-electron chi connectivity index (χ3n) is 5.79. The van der Waals surface area contributed by atoms with Crippen LogP contribution in [0.1, 0.15) is 38.5 Å². The third-order valence-corrected chi connectivity index (χ3v) is 8.42. The van der Waals surface area contributed by atoms with Gasteiger partial charge >= 0.3 is 0 Å². The molecule has 1 aromatic rings. The largest absolute Gasteiger partial charge is 0.377 e. The molecule has 3 fully saturated rings. The van der Waals surface area contributed by atoms with Gasteiger partial charge in [-0.3, -0.25) is 0 Å². The zero-order chi connectivity index (χ0) is 15.8. The molecule has 0 aliphatic heterocycles. The van der Waals surface area contributed by atoms with Crippen LogP contribution in [0.25, 0.3) is 0 Å². The fourth-order valence-electron chi connectivity index (χ4n) is 4.64. The summed E-state index contributed by atoms with van der Waals surface area (Å²) < 4.78 is 32.1. The Morgan fingerprint density at radius 3 is 2.45 bits per heavy atom. The van der Waals surface area contributed by atoms with Gasteiger partial charge in [0, 0.05) is 7.11 Å². The molecule has 1 atom stereocenters. The number of hydrogen-bond donors (Lipinski definition) is 0. The Bertz CT molecular complexity index is 642. The van der Waals surface area contributed by atoms with Crippen molar-refractivity contribution in [3.8, 4) is 0 Å². The zero-order valence-corrected chi connectivity index (χ0v) is 13.9. The van der Waals surface area contributed by atoms with Crippen LogP contribution in [-0.2, 0) is 14.6 Å². The minimum Gasteiger partial charge on any atom is -0.377 e. The van der Waals surface area contributed by atoms with Crippen LogP contribution in [0.15, 0.2) is 47.9 Å². The average Bonchev–Trinajstić information content (AvgIpc) is 2.57. The summed E-state index contributed by atoms with van der Waals surface area (Å²) in [5, 5.41) is 0. The maximum atomic E-state index is 13.5. The lowest BCUT2D eigenvalue weighted by Crippen LogP contribution is -2.65. The quantitative estimate of drug-likeness (QED) is 0.776. The van der Waals surface area contributed by atoms with Gasteiger partial charge in [-0.25, -0.2) is 8.42 Å². The fourth-order valence-corrected chi connectivity index (χ4v) is 7.17. The van der Waals surface area contributed by atoms with Crippen molar-refractivity contribution >= 4 is 9.84 Å². The maximum Gasteiger partial charge on any atom is 0.187 e. The molecule has 0 spiro atoms. The van der Waals surface area contributed by atoms with Crippen LogP contribution in [0.5, 0.6) is 0 Å². The molecule has 2 bridgehead atoms. The Morgan fingerprint density at radius 1 is 1.27 bits per heavy atom. The number of allylic oxidation sites excluding steroid dienone is 1. The Balaban J connectivity index is 2.19. The van der Waals surface area contributed by atoms with E-state index >= 15 is 0 Å². The predicted octanol–water partition coefficient (Wildman–Crippen LogP) is 3.75. The molecular weight excluding hydrogens is 296 g/mol. The van der Waals surface area contributed by atoms with Crippen molar-refractivity contribution in [1.29, 1.82) is 0 Å². The van der Waals surface area contributed by atoms with Gasteiger partial charge in [-0.2, -0.15) is 0 Å². The van der Waals surface area contributed by atoms with Crippen LogP contribution in [-0.4, -0.2) is 25.9 Å². The third kappa shape index (κ3) is 2.00. The van der Waals surface area contributed by atoms with Crippen molar-refractivity contribution in [3.63, 3.8) is 0 Å². The Hall–Kier alpha value is -1.13. The normalized spacial score (nSPS) is 34.5. The topological polar surface area (TPSA) is 43.4 Å². The van der Waals surface area contributed by atoms with Gasteiger partial charge in [0.25, 0.3) is 0 Å². The first-order valence-electron chi connectivity index (χ1n) is 7.97. The molecule has 0 aromatic heterocycles. The van der Waals surface area contributed by atoms with Gasteiger partial charge in [-0.15, -0.1) is 6.58 Å². The number of rotatable bonds is 5. The van der Waals surface area contributed by atoms with Crippen molar-refractivity contribution in [1.82, 2.24) is 0 Å². The van der Waals surface area contributed by atoms with E-state index in [4.69, 9.17) is 4.74 Å². The number of hydrogen-bond acceptors (Lipinski definition) is 3. The van der Waals surface area contributed by atoms with Gasteiger partial charge in [0.1, 0.15) is 4.75 Å². The first-order valence-corrected chi connectivity index (χ1v) is 9.45. The van der Waals surface area contributed by atoms with Crippen molar-refractivity contribution in [2.45, 2.75) is 53.8 Å². The first kappa shape index (κ1) is 15.8. The molecule has 3 nitrogen and oxygen atoms in total. The van der Waals surface area contributed by atoms with Crippen molar-refractivity contribution < 1.29 is 13.2 Å². The molecule has 22 heavy (non-hydrogen) atoms. The summed E-state index contributed by atoms with van der Waals surface area (Å²) in [7, 11) is -1.81. The minimum absolute atomic E-state index is 0.404. The standard InChI is InChI=1S/C18H24O3S/c1-3-11-18(22(19,20)16-7-5-4-6-8-16)14-15-9-12-17(18,21-2)13-10-15/h3-8,15H,1,9-14H2,2H3. The molecule has 0 heterocycles. The SMILES string of the molecule is C=CCC1(S(=O)(=O)c2ccccc2)CC2CCC1(OC)CC2. The molecule has 0 saturated heterocycles. The number of sulfone groups is 1. The number of ether oxygens (including phenoxy) is 1. The molecule has 3 saturated carbocycles. The Kier molecular flexibility index (Phi) is 3.94. The van der Waals surface area contributed by atoms with E-state index in [2.05, 4.69) is 6.58 Å². The number of fused-ring (bicyclic) bond motifs is 3. The lowest BCUT2D eigenvalue weighted by atomic mass is 9.60. The number of methoxy groups -OCH3 is 1. The molecular formula is C18H24O3S. The first-order chi connectivity index (χ1) is 10.5. The molecule has 1 aromatic carbocycles. The van der Waals surface area contributed by atoms with Gasteiger partial charge in [-0.05, 0) is 56.6 Å².